The Morgan fingerprint density at radius 2 is 1.87 bits per heavy atom. The molecule has 3 rings (SSSR count). The quantitative estimate of drug-likeness (QED) is 0.486. The third-order valence-electron chi connectivity index (χ3n) is 6.14. The number of hydrogen-bond donors (Lipinski definition) is 2. The maximum absolute atomic E-state index is 12.3. The minimum atomic E-state index is -0.0847. The number of aryl methyl sites for hydroxylation is 1. The maximum Gasteiger partial charge on any atom is 0.217 e. The highest BCUT2D eigenvalue weighted by atomic mass is 16.3. The van der Waals surface area contributed by atoms with Gasteiger partial charge in [-0.1, -0.05) is 24.3 Å². The van der Waals surface area contributed by atoms with Crippen molar-refractivity contribution in [1.82, 2.24) is 9.80 Å². The van der Waals surface area contributed by atoms with E-state index in [9.17, 15) is 15.1 Å². The van der Waals surface area contributed by atoms with E-state index in [1.54, 1.807) is 12.1 Å². The molecule has 0 aromatic heterocycles. The first-order chi connectivity index (χ1) is 14.2. The monoisotopic (exact) mass is 412 g/mol. The third kappa shape index (κ3) is 5.37. The average molecular weight is 413 g/mol. The van der Waals surface area contributed by atoms with Gasteiger partial charge in [-0.25, -0.2) is 0 Å². The maximum atomic E-state index is 12.3. The van der Waals surface area contributed by atoms with Crippen LogP contribution in [0.3, 0.4) is 0 Å². The lowest BCUT2D eigenvalue weighted by Crippen LogP contribution is -2.40. The highest BCUT2D eigenvalue weighted by molar-refractivity contribution is 5.41. The molecule has 6 nitrogen and oxygen atoms in total. The number of nitroso groups, excluding NO2 is 1. The fraction of sp³-hybridized carbons (Fsp3) is 0.500. The number of phenolic OH excluding ortho intramolecular Hbond substituents is 2. The van der Waals surface area contributed by atoms with E-state index in [0.29, 0.717) is 13.1 Å². The first kappa shape index (κ1) is 22.2. The average Bonchev–Trinajstić information content (AvgIpc) is 3.14. The van der Waals surface area contributed by atoms with Gasteiger partial charge in [-0.15, -0.1) is 0 Å². The molecule has 0 aliphatic carbocycles. The molecule has 2 aromatic rings. The van der Waals surface area contributed by atoms with E-state index in [1.165, 1.54) is 11.1 Å². The first-order valence-electron chi connectivity index (χ1n) is 10.6. The van der Waals surface area contributed by atoms with E-state index in [1.807, 2.05) is 25.1 Å². The Kier molecular flexibility index (Phi) is 6.78. The van der Waals surface area contributed by atoms with Crippen LogP contribution >= 0.6 is 0 Å². The number of fused-ring (bicyclic) bond motifs is 1. The van der Waals surface area contributed by atoms with Crippen LogP contribution in [0.15, 0.2) is 36.4 Å². The molecule has 0 amide bonds. The van der Waals surface area contributed by atoms with E-state index in [4.69, 9.17) is 0 Å². The SMILES string of the molecule is CN(C)CC[N+](=O)Cc1cccc2c1CN(C(C)(C)CCc1ccc(O)c(O)c1)C2. The fourth-order valence-electron chi connectivity index (χ4n) is 3.98. The minimum Gasteiger partial charge on any atom is -0.504 e. The molecule has 0 spiro atoms. The molecule has 30 heavy (non-hydrogen) atoms. The van der Waals surface area contributed by atoms with Gasteiger partial charge < -0.3 is 15.1 Å². The van der Waals surface area contributed by atoms with Gasteiger partial charge >= 0.3 is 0 Å². The summed E-state index contributed by atoms with van der Waals surface area (Å²) in [5, 5.41) is 19.2. The minimum absolute atomic E-state index is 0.0358. The second-order valence-electron chi connectivity index (χ2n) is 9.21. The van der Waals surface area contributed by atoms with Gasteiger partial charge in [0, 0.05) is 33.9 Å². The topological polar surface area (TPSA) is 67.0 Å². The Labute approximate surface area is 179 Å². The zero-order valence-electron chi connectivity index (χ0n) is 18.6. The predicted octanol–water partition coefficient (Wildman–Crippen LogP) is 3.67. The van der Waals surface area contributed by atoms with Crippen LogP contribution in [0.5, 0.6) is 11.5 Å². The van der Waals surface area contributed by atoms with Crippen LogP contribution in [0.4, 0.5) is 0 Å². The molecule has 0 atom stereocenters. The summed E-state index contributed by atoms with van der Waals surface area (Å²) in [5.41, 5.74) is 4.70. The van der Waals surface area contributed by atoms with Crippen molar-refractivity contribution >= 4 is 0 Å². The largest absolute Gasteiger partial charge is 0.504 e. The fourth-order valence-corrected chi connectivity index (χ4v) is 3.98. The number of likely N-dealkylation sites (N-methyl/N-ethyl adjacent to an activating group) is 1. The van der Waals surface area contributed by atoms with Gasteiger partial charge in [0.15, 0.2) is 11.5 Å². The van der Waals surface area contributed by atoms with Crippen LogP contribution in [-0.4, -0.2) is 57.5 Å². The standard InChI is InChI=1S/C24H33N3O3/c1-24(2,11-10-18-8-9-22(28)23(29)14-18)26-15-19-6-5-7-20(21(19)17-26)16-27(30)13-12-25(3)4/h5-9,14H,10-13,15-17H2,1-4H3,(H-,28,29)/p+1. The van der Waals surface area contributed by atoms with E-state index in [2.05, 4.69) is 36.9 Å². The Morgan fingerprint density at radius 1 is 1.10 bits per heavy atom. The molecule has 0 unspecified atom stereocenters. The lowest BCUT2D eigenvalue weighted by molar-refractivity contribution is -0.564. The van der Waals surface area contributed by atoms with Gasteiger partial charge in [0.05, 0.1) is 6.54 Å². The summed E-state index contributed by atoms with van der Waals surface area (Å²) < 4.78 is 1.15. The number of phenols is 2. The van der Waals surface area contributed by atoms with E-state index >= 15 is 0 Å². The van der Waals surface area contributed by atoms with Crippen LogP contribution in [0.2, 0.25) is 0 Å². The highest BCUT2D eigenvalue weighted by Gasteiger charge is 2.33. The molecule has 0 saturated heterocycles. The predicted molar refractivity (Wildman–Crippen MR) is 119 cm³/mol. The van der Waals surface area contributed by atoms with Crippen LogP contribution < -0.4 is 0 Å². The van der Waals surface area contributed by atoms with Crippen molar-refractivity contribution in [2.24, 2.45) is 0 Å². The van der Waals surface area contributed by atoms with Crippen molar-refractivity contribution in [3.63, 3.8) is 0 Å². The van der Waals surface area contributed by atoms with E-state index < -0.39 is 0 Å². The molecule has 1 aliphatic rings. The Hall–Kier alpha value is -2.44. The molecule has 0 radical (unpaired) electrons. The van der Waals surface area contributed by atoms with Gasteiger partial charge in [0.2, 0.25) is 13.1 Å². The van der Waals surface area contributed by atoms with Crippen molar-refractivity contribution in [2.75, 3.05) is 27.2 Å². The lowest BCUT2D eigenvalue weighted by Gasteiger charge is -2.35. The second-order valence-corrected chi connectivity index (χ2v) is 9.21. The van der Waals surface area contributed by atoms with Crippen molar-refractivity contribution in [3.05, 3.63) is 63.6 Å². The number of rotatable bonds is 9. The smallest absolute Gasteiger partial charge is 0.217 e. The second kappa shape index (κ2) is 9.14. The van der Waals surface area contributed by atoms with Crippen LogP contribution in [0.25, 0.3) is 0 Å². The van der Waals surface area contributed by atoms with Gasteiger partial charge in [0.1, 0.15) is 0 Å². The number of nitrogens with zero attached hydrogens (tertiary/aromatic N) is 3. The molecule has 0 saturated carbocycles. The van der Waals surface area contributed by atoms with Gasteiger partial charge in [-0.05, 0) is 69.6 Å². The number of hydrogen-bond acceptors (Lipinski definition) is 5. The lowest BCUT2D eigenvalue weighted by atomic mass is 9.93. The molecule has 0 fully saturated rings. The van der Waals surface area contributed by atoms with Crippen LogP contribution in [0.1, 0.15) is 42.5 Å². The highest BCUT2D eigenvalue weighted by Crippen LogP contribution is 2.34. The molecule has 0 bridgehead atoms. The Morgan fingerprint density at radius 3 is 2.57 bits per heavy atom. The van der Waals surface area contributed by atoms with Crippen LogP contribution in [-0.2, 0) is 26.1 Å². The Bertz CT molecular complexity index is 909. The Balaban J connectivity index is 1.64. The van der Waals surface area contributed by atoms with Crippen molar-refractivity contribution < 1.29 is 15.0 Å². The summed E-state index contributed by atoms with van der Waals surface area (Å²) in [6.07, 6.45) is 1.75. The molecular weight excluding hydrogens is 378 g/mol. The molecule has 2 N–H and O–H groups in total. The summed E-state index contributed by atoms with van der Waals surface area (Å²) in [4.78, 5) is 16.8. The molecule has 1 aliphatic heterocycles. The molecular formula is C24H34N3O3+. The van der Waals surface area contributed by atoms with Crippen molar-refractivity contribution in [1.29, 1.82) is 0 Å². The first-order valence-corrected chi connectivity index (χ1v) is 10.6. The van der Waals surface area contributed by atoms with Gasteiger partial charge in [-0.2, -0.15) is 0 Å². The van der Waals surface area contributed by atoms with Crippen molar-refractivity contribution in [2.45, 2.75) is 51.9 Å². The zero-order chi connectivity index (χ0) is 21.9. The van der Waals surface area contributed by atoms with Crippen molar-refractivity contribution in [3.8, 4) is 11.5 Å². The van der Waals surface area contributed by atoms with Gasteiger partial charge in [0.25, 0.3) is 0 Å². The summed E-state index contributed by atoms with van der Waals surface area (Å²) in [6.45, 7) is 7.91. The number of benzene rings is 2. The summed E-state index contributed by atoms with van der Waals surface area (Å²) in [6, 6.07) is 11.3. The van der Waals surface area contributed by atoms with Gasteiger partial charge in [-0.3, -0.25) is 4.90 Å². The summed E-state index contributed by atoms with van der Waals surface area (Å²) >= 11 is 0. The van der Waals surface area contributed by atoms with Crippen LogP contribution in [0, 0.1) is 4.91 Å². The molecule has 1 heterocycles. The zero-order valence-corrected chi connectivity index (χ0v) is 18.6. The summed E-state index contributed by atoms with van der Waals surface area (Å²) in [5.74, 6) is -0.154. The van der Waals surface area contributed by atoms with E-state index in [0.717, 1.165) is 48.4 Å². The normalized spacial score (nSPS) is 14.3. The third-order valence-corrected chi connectivity index (χ3v) is 6.14. The molecule has 2 aromatic carbocycles. The summed E-state index contributed by atoms with van der Waals surface area (Å²) in [7, 11) is 3.96. The number of aromatic hydroxyl groups is 2. The van der Waals surface area contributed by atoms with E-state index in [-0.39, 0.29) is 17.0 Å². The molecule has 6 heteroatoms. The molecule has 162 valence electrons.